The SMILES string of the molecule is CCC(C)C(NC(=O)OCc1ccccc1)C(=O)Nc1cccc(Cl)c1. The van der Waals surface area contributed by atoms with Gasteiger partial charge in [0.05, 0.1) is 0 Å². The predicted molar refractivity (Wildman–Crippen MR) is 103 cm³/mol. The van der Waals surface area contributed by atoms with Crippen LogP contribution in [0.25, 0.3) is 0 Å². The average Bonchev–Trinajstić information content (AvgIpc) is 2.64. The molecule has 2 rings (SSSR count). The van der Waals surface area contributed by atoms with Gasteiger partial charge in [-0.05, 0) is 29.7 Å². The maximum atomic E-state index is 12.6. The minimum Gasteiger partial charge on any atom is -0.445 e. The highest BCUT2D eigenvalue weighted by Crippen LogP contribution is 2.17. The molecule has 0 spiro atoms. The Morgan fingerprint density at radius 2 is 1.85 bits per heavy atom. The van der Waals surface area contributed by atoms with E-state index < -0.39 is 12.1 Å². The summed E-state index contributed by atoms with van der Waals surface area (Å²) in [7, 11) is 0. The molecule has 0 aliphatic rings. The van der Waals surface area contributed by atoms with Gasteiger partial charge in [0.15, 0.2) is 0 Å². The standard InChI is InChI=1S/C20H23ClN2O3/c1-3-14(2)18(19(24)22-17-11-7-10-16(21)12-17)23-20(25)26-13-15-8-5-4-6-9-15/h4-12,14,18H,3,13H2,1-2H3,(H,22,24)(H,23,25). The van der Waals surface area contributed by atoms with Crippen molar-refractivity contribution in [3.63, 3.8) is 0 Å². The van der Waals surface area contributed by atoms with E-state index in [0.717, 1.165) is 12.0 Å². The molecule has 5 nitrogen and oxygen atoms in total. The number of carbonyl (C=O) groups excluding carboxylic acids is 2. The van der Waals surface area contributed by atoms with Crippen LogP contribution in [-0.4, -0.2) is 18.0 Å². The van der Waals surface area contributed by atoms with Crippen LogP contribution in [0.4, 0.5) is 10.5 Å². The smallest absolute Gasteiger partial charge is 0.408 e. The summed E-state index contributed by atoms with van der Waals surface area (Å²) in [6.07, 6.45) is 0.104. The summed E-state index contributed by atoms with van der Waals surface area (Å²) in [6.45, 7) is 4.01. The first-order valence-corrected chi connectivity index (χ1v) is 8.91. The molecule has 2 amide bonds. The van der Waals surface area contributed by atoms with E-state index in [1.807, 2.05) is 44.2 Å². The van der Waals surface area contributed by atoms with Crippen LogP contribution in [0.2, 0.25) is 5.02 Å². The minimum absolute atomic E-state index is 0.0570. The second-order valence-electron chi connectivity index (χ2n) is 6.07. The number of benzene rings is 2. The maximum absolute atomic E-state index is 12.6. The fourth-order valence-electron chi connectivity index (χ4n) is 2.38. The van der Waals surface area contributed by atoms with Crippen molar-refractivity contribution in [2.24, 2.45) is 5.92 Å². The number of rotatable bonds is 7. The summed E-state index contributed by atoms with van der Waals surface area (Å²) in [4.78, 5) is 24.7. The Kier molecular flexibility index (Phi) is 7.48. The molecule has 2 aromatic carbocycles. The molecule has 0 bridgehead atoms. The summed E-state index contributed by atoms with van der Waals surface area (Å²) >= 11 is 5.94. The number of alkyl carbamates (subject to hydrolysis) is 1. The van der Waals surface area contributed by atoms with Gasteiger partial charge in [0.1, 0.15) is 12.6 Å². The average molecular weight is 375 g/mol. The fourth-order valence-corrected chi connectivity index (χ4v) is 2.57. The molecule has 0 aliphatic heterocycles. The molecule has 26 heavy (non-hydrogen) atoms. The fraction of sp³-hybridized carbons (Fsp3) is 0.300. The van der Waals surface area contributed by atoms with Gasteiger partial charge in [-0.3, -0.25) is 4.79 Å². The lowest BCUT2D eigenvalue weighted by atomic mass is 9.98. The van der Waals surface area contributed by atoms with Crippen molar-refractivity contribution in [3.8, 4) is 0 Å². The van der Waals surface area contributed by atoms with Crippen LogP contribution in [0.3, 0.4) is 0 Å². The van der Waals surface area contributed by atoms with Crippen molar-refractivity contribution < 1.29 is 14.3 Å². The van der Waals surface area contributed by atoms with E-state index in [9.17, 15) is 9.59 Å². The summed E-state index contributed by atoms with van der Waals surface area (Å²) < 4.78 is 5.22. The van der Waals surface area contributed by atoms with Crippen LogP contribution in [0.1, 0.15) is 25.8 Å². The van der Waals surface area contributed by atoms with Gasteiger partial charge in [0.25, 0.3) is 0 Å². The number of ether oxygens (including phenoxy) is 1. The van der Waals surface area contributed by atoms with Crippen LogP contribution in [-0.2, 0) is 16.1 Å². The molecule has 0 saturated heterocycles. The van der Waals surface area contributed by atoms with Crippen LogP contribution >= 0.6 is 11.6 Å². The number of carbonyl (C=O) groups is 2. The lowest BCUT2D eigenvalue weighted by Gasteiger charge is -2.23. The van der Waals surface area contributed by atoms with Crippen molar-refractivity contribution in [1.82, 2.24) is 5.32 Å². The third-order valence-electron chi connectivity index (χ3n) is 4.07. The second kappa shape index (κ2) is 9.82. The minimum atomic E-state index is -0.706. The number of nitrogens with one attached hydrogen (secondary N) is 2. The third kappa shape index (κ3) is 6.08. The van der Waals surface area contributed by atoms with E-state index in [2.05, 4.69) is 10.6 Å². The number of anilines is 1. The van der Waals surface area contributed by atoms with Crippen molar-refractivity contribution in [2.75, 3.05) is 5.32 Å². The largest absolute Gasteiger partial charge is 0.445 e. The van der Waals surface area contributed by atoms with Gasteiger partial charge in [-0.15, -0.1) is 0 Å². The number of halogens is 1. The number of hydrogen-bond donors (Lipinski definition) is 2. The molecule has 0 saturated carbocycles. The van der Waals surface area contributed by atoms with Crippen LogP contribution < -0.4 is 10.6 Å². The van der Waals surface area contributed by atoms with Crippen molar-refractivity contribution in [2.45, 2.75) is 32.9 Å². The van der Waals surface area contributed by atoms with Crippen LogP contribution in [0.5, 0.6) is 0 Å². The van der Waals surface area contributed by atoms with E-state index in [1.54, 1.807) is 24.3 Å². The summed E-state index contributed by atoms with van der Waals surface area (Å²) in [6, 6.07) is 15.5. The lowest BCUT2D eigenvalue weighted by molar-refractivity contribution is -0.119. The highest BCUT2D eigenvalue weighted by Gasteiger charge is 2.26. The topological polar surface area (TPSA) is 67.4 Å². The van der Waals surface area contributed by atoms with Crippen molar-refractivity contribution in [1.29, 1.82) is 0 Å². The van der Waals surface area contributed by atoms with Gasteiger partial charge < -0.3 is 15.4 Å². The van der Waals surface area contributed by atoms with Crippen LogP contribution in [0.15, 0.2) is 54.6 Å². The molecule has 6 heteroatoms. The Morgan fingerprint density at radius 1 is 1.12 bits per heavy atom. The third-order valence-corrected chi connectivity index (χ3v) is 4.31. The molecular weight excluding hydrogens is 352 g/mol. The molecular formula is C20H23ClN2O3. The number of amides is 2. The Hall–Kier alpha value is -2.53. The quantitative estimate of drug-likeness (QED) is 0.743. The zero-order chi connectivity index (χ0) is 18.9. The van der Waals surface area contributed by atoms with Gasteiger partial charge >= 0.3 is 6.09 Å². The Morgan fingerprint density at radius 3 is 2.50 bits per heavy atom. The van der Waals surface area contributed by atoms with Gasteiger partial charge in [-0.1, -0.05) is 68.3 Å². The molecule has 138 valence electrons. The molecule has 2 N–H and O–H groups in total. The lowest BCUT2D eigenvalue weighted by Crippen LogP contribution is -2.47. The normalized spacial score (nSPS) is 12.7. The van der Waals surface area contributed by atoms with E-state index in [4.69, 9.17) is 16.3 Å². The monoisotopic (exact) mass is 374 g/mol. The van der Waals surface area contributed by atoms with Crippen molar-refractivity contribution in [3.05, 3.63) is 65.2 Å². The molecule has 0 radical (unpaired) electrons. The summed E-state index contributed by atoms with van der Waals surface area (Å²) in [5, 5.41) is 5.98. The second-order valence-corrected chi connectivity index (χ2v) is 6.51. The molecule has 2 unspecified atom stereocenters. The van der Waals surface area contributed by atoms with E-state index in [-0.39, 0.29) is 18.4 Å². The highest BCUT2D eigenvalue weighted by atomic mass is 35.5. The Bertz CT molecular complexity index is 737. The zero-order valence-electron chi connectivity index (χ0n) is 14.9. The Balaban J connectivity index is 1.97. The first-order valence-electron chi connectivity index (χ1n) is 8.53. The molecule has 0 fully saturated rings. The highest BCUT2D eigenvalue weighted by molar-refractivity contribution is 6.30. The van der Waals surface area contributed by atoms with Crippen LogP contribution in [0, 0.1) is 5.92 Å². The van der Waals surface area contributed by atoms with E-state index in [1.165, 1.54) is 0 Å². The zero-order valence-corrected chi connectivity index (χ0v) is 15.6. The molecule has 0 heterocycles. The molecule has 0 aliphatic carbocycles. The summed E-state index contributed by atoms with van der Waals surface area (Å²) in [5.74, 6) is -0.364. The summed E-state index contributed by atoms with van der Waals surface area (Å²) in [5.41, 5.74) is 1.46. The van der Waals surface area contributed by atoms with Gasteiger partial charge in [-0.25, -0.2) is 4.79 Å². The molecule has 0 aromatic heterocycles. The number of hydrogen-bond acceptors (Lipinski definition) is 3. The maximum Gasteiger partial charge on any atom is 0.408 e. The van der Waals surface area contributed by atoms with E-state index >= 15 is 0 Å². The predicted octanol–water partition coefficient (Wildman–Crippen LogP) is 4.62. The van der Waals surface area contributed by atoms with Gasteiger partial charge in [0.2, 0.25) is 5.91 Å². The molecule has 2 aromatic rings. The van der Waals surface area contributed by atoms with Gasteiger partial charge in [-0.2, -0.15) is 0 Å². The Labute approximate surface area is 158 Å². The van der Waals surface area contributed by atoms with Gasteiger partial charge in [0, 0.05) is 10.7 Å². The first kappa shape index (κ1) is 19.8. The first-order chi connectivity index (χ1) is 12.5. The van der Waals surface area contributed by atoms with Crippen molar-refractivity contribution >= 4 is 29.3 Å². The van der Waals surface area contributed by atoms with E-state index in [0.29, 0.717) is 10.7 Å². The molecule has 2 atom stereocenters.